The van der Waals surface area contributed by atoms with E-state index >= 15 is 0 Å². The monoisotopic (exact) mass is 714 g/mol. The number of aliphatic hydroxyl groups excluding tert-OH is 1. The highest BCUT2D eigenvalue weighted by Gasteiger charge is 2.68. The van der Waals surface area contributed by atoms with Gasteiger partial charge in [-0.05, 0) is 98.2 Å². The van der Waals surface area contributed by atoms with Crippen LogP contribution in [0.5, 0.6) is 0 Å². The van der Waals surface area contributed by atoms with Crippen LogP contribution in [0.25, 0.3) is 0 Å². The molecule has 13 nitrogen and oxygen atoms in total. The Hall–Kier alpha value is -0.950. The van der Waals surface area contributed by atoms with E-state index in [0.29, 0.717) is 24.2 Å². The van der Waals surface area contributed by atoms with Crippen molar-refractivity contribution in [2.75, 3.05) is 0 Å². The first-order chi connectivity index (χ1) is 20.9. The van der Waals surface area contributed by atoms with Gasteiger partial charge in [-0.3, -0.25) is 13.7 Å². The maximum Gasteiger partial charge on any atom is 0.397 e. The van der Waals surface area contributed by atoms with E-state index in [1.807, 2.05) is 0 Å². The highest BCUT2D eigenvalue weighted by molar-refractivity contribution is 7.81. The zero-order chi connectivity index (χ0) is 34.8. The average Bonchev–Trinajstić information content (AvgIpc) is 3.15. The van der Waals surface area contributed by atoms with Crippen molar-refractivity contribution in [3.05, 3.63) is 23.8 Å². The summed E-state index contributed by atoms with van der Waals surface area (Å²) in [6, 6.07) is 0. The number of rotatable bonds is 12. The lowest BCUT2D eigenvalue weighted by Gasteiger charge is -2.63. The Kier molecular flexibility index (Phi) is 10.5. The molecule has 4 N–H and O–H groups in total. The second kappa shape index (κ2) is 12.7. The molecule has 0 amide bonds. The molecule has 12 atom stereocenters. The van der Waals surface area contributed by atoms with Crippen molar-refractivity contribution in [2.24, 2.45) is 45.8 Å². The van der Waals surface area contributed by atoms with Crippen LogP contribution in [0.4, 0.5) is 0 Å². The van der Waals surface area contributed by atoms with Crippen molar-refractivity contribution >= 4 is 31.2 Å². The Morgan fingerprint density at radius 2 is 1.52 bits per heavy atom. The molecule has 3 fully saturated rings. The van der Waals surface area contributed by atoms with Crippen LogP contribution in [0.1, 0.15) is 92.9 Å². The van der Waals surface area contributed by atoms with E-state index in [1.165, 1.54) is 5.57 Å². The lowest BCUT2D eigenvalue weighted by Crippen LogP contribution is -2.65. The largest absolute Gasteiger partial charge is 0.397 e. The van der Waals surface area contributed by atoms with E-state index in [1.54, 1.807) is 6.92 Å². The fraction of sp³-hybridized carbons (Fsp3) is 0.867. The Morgan fingerprint density at radius 1 is 0.957 bits per heavy atom. The van der Waals surface area contributed by atoms with Gasteiger partial charge in [0, 0.05) is 5.92 Å². The zero-order valence-electron chi connectivity index (χ0n) is 27.3. The SMILES string of the molecule is C=C(C)C(CC)CC[C@@H](C)[C@H]1CC[C@@]2(C)[C@@H]3C[C@H](OS(=O)(=O)O)[C@H]4[C@@H](O)[C@H](OS(=O)(=O)O)[C@@H](OS(=O)(=O)O)C[C@]4(C)C3=CC[C@]12C. The predicted molar refractivity (Wildman–Crippen MR) is 168 cm³/mol. The molecule has 4 aliphatic rings. The highest BCUT2D eigenvalue weighted by Crippen LogP contribution is 2.72. The Bertz CT molecular complexity index is 1540. The van der Waals surface area contributed by atoms with Crippen molar-refractivity contribution in [2.45, 2.75) is 117 Å². The number of allylic oxidation sites excluding steroid dienone is 3. The minimum absolute atomic E-state index is 0.0477. The van der Waals surface area contributed by atoms with Crippen LogP contribution >= 0.6 is 0 Å². The fourth-order valence-corrected chi connectivity index (χ4v) is 11.7. The summed E-state index contributed by atoms with van der Waals surface area (Å²) in [4.78, 5) is 0. The molecule has 1 unspecified atom stereocenters. The van der Waals surface area contributed by atoms with Crippen LogP contribution in [0.2, 0.25) is 0 Å². The summed E-state index contributed by atoms with van der Waals surface area (Å²) >= 11 is 0. The molecule has 0 saturated heterocycles. The number of fused-ring (bicyclic) bond motifs is 5. The number of aliphatic hydroxyl groups is 1. The predicted octanol–water partition coefficient (Wildman–Crippen LogP) is 4.73. The van der Waals surface area contributed by atoms with Crippen molar-refractivity contribution in [1.29, 1.82) is 0 Å². The molecule has 0 aromatic rings. The molecule has 0 spiro atoms. The molecule has 3 saturated carbocycles. The molecule has 4 aliphatic carbocycles. The molecular formula is C30H50O13S3. The average molecular weight is 715 g/mol. The quantitative estimate of drug-likeness (QED) is 0.159. The first-order valence-electron chi connectivity index (χ1n) is 15.9. The summed E-state index contributed by atoms with van der Waals surface area (Å²) in [7, 11) is -15.6. The summed E-state index contributed by atoms with van der Waals surface area (Å²) in [5, 5.41) is 11.6. The molecule has 0 heterocycles. The van der Waals surface area contributed by atoms with Gasteiger partial charge in [-0.1, -0.05) is 58.4 Å². The van der Waals surface area contributed by atoms with E-state index in [-0.39, 0.29) is 24.2 Å². The maximum absolute atomic E-state index is 12.1. The van der Waals surface area contributed by atoms with Gasteiger partial charge in [-0.25, -0.2) is 12.5 Å². The minimum atomic E-state index is -5.28. The summed E-state index contributed by atoms with van der Waals surface area (Å²) in [6.45, 7) is 16.8. The molecule has 0 aromatic carbocycles. The van der Waals surface area contributed by atoms with Crippen molar-refractivity contribution < 1.29 is 56.6 Å². The third-order valence-electron chi connectivity index (χ3n) is 12.5. The summed E-state index contributed by atoms with van der Waals surface area (Å²) < 4.78 is 115. The third-order valence-corrected chi connectivity index (χ3v) is 14.0. The van der Waals surface area contributed by atoms with Gasteiger partial charge < -0.3 is 5.11 Å². The van der Waals surface area contributed by atoms with E-state index in [9.17, 15) is 44.0 Å². The maximum atomic E-state index is 12.1. The van der Waals surface area contributed by atoms with Gasteiger partial charge in [0.25, 0.3) is 0 Å². The van der Waals surface area contributed by atoms with Crippen molar-refractivity contribution in [1.82, 2.24) is 0 Å². The van der Waals surface area contributed by atoms with Crippen LogP contribution in [0.15, 0.2) is 23.8 Å². The second-order valence-electron chi connectivity index (χ2n) is 14.9. The highest BCUT2D eigenvalue weighted by atomic mass is 32.3. The van der Waals surface area contributed by atoms with Gasteiger partial charge in [-0.15, -0.1) is 0 Å². The Balaban J connectivity index is 1.79. The first-order valence-corrected chi connectivity index (χ1v) is 20.0. The molecule has 266 valence electrons. The van der Waals surface area contributed by atoms with Gasteiger partial charge in [0.05, 0.1) is 12.2 Å². The molecule has 0 aliphatic heterocycles. The van der Waals surface area contributed by atoms with Crippen molar-refractivity contribution in [3.63, 3.8) is 0 Å². The molecule has 46 heavy (non-hydrogen) atoms. The van der Waals surface area contributed by atoms with E-state index in [2.05, 4.69) is 51.5 Å². The lowest BCUT2D eigenvalue weighted by atomic mass is 9.43. The van der Waals surface area contributed by atoms with Gasteiger partial charge in [0.2, 0.25) is 0 Å². The van der Waals surface area contributed by atoms with Crippen LogP contribution in [-0.4, -0.2) is 68.4 Å². The minimum Gasteiger partial charge on any atom is -0.390 e. The van der Waals surface area contributed by atoms with Crippen LogP contribution in [0.3, 0.4) is 0 Å². The fourth-order valence-electron chi connectivity index (χ4n) is 10.2. The molecule has 0 radical (unpaired) electrons. The molecular weight excluding hydrogens is 665 g/mol. The number of hydrogen-bond donors (Lipinski definition) is 4. The summed E-state index contributed by atoms with van der Waals surface area (Å²) in [5.74, 6) is -0.410. The van der Waals surface area contributed by atoms with E-state index in [4.69, 9.17) is 8.37 Å². The van der Waals surface area contributed by atoms with Gasteiger partial charge in [0.1, 0.15) is 12.2 Å². The smallest absolute Gasteiger partial charge is 0.390 e. The van der Waals surface area contributed by atoms with Gasteiger partial charge >= 0.3 is 31.2 Å². The topological polar surface area (TPSA) is 211 Å². The van der Waals surface area contributed by atoms with E-state index < -0.39 is 72.4 Å². The Morgan fingerprint density at radius 3 is 2.04 bits per heavy atom. The lowest BCUT2D eigenvalue weighted by molar-refractivity contribution is -0.179. The summed E-state index contributed by atoms with van der Waals surface area (Å²) in [6.07, 6.45) is 0.0139. The normalized spacial score (nSPS) is 41.1. The number of hydrogen-bond acceptors (Lipinski definition) is 10. The van der Waals surface area contributed by atoms with E-state index in [0.717, 1.165) is 37.7 Å². The van der Waals surface area contributed by atoms with Crippen LogP contribution < -0.4 is 0 Å². The van der Waals surface area contributed by atoms with Crippen LogP contribution in [0, 0.1) is 45.8 Å². The van der Waals surface area contributed by atoms with Crippen LogP contribution in [-0.2, 0) is 43.7 Å². The van der Waals surface area contributed by atoms with Gasteiger partial charge in [0.15, 0.2) is 0 Å². The molecule has 0 bridgehead atoms. The van der Waals surface area contributed by atoms with Gasteiger partial charge in [-0.2, -0.15) is 25.3 Å². The summed E-state index contributed by atoms with van der Waals surface area (Å²) in [5.41, 5.74) is 0.104. The molecule has 4 rings (SSSR count). The standard InChI is InChI=1S/C30H50O13S3/c1-8-19(17(2)3)10-9-18(4)20-11-13-30(7)22-15-23(41-44(32,33)34)25-26(31)27(43-46(38,39)40)24(42-45(35,36)37)16-28(25,5)21(22)12-14-29(20,30)6/h12,18-20,22-27,31H,2,8-11,13-16H2,1,3-7H3,(H,32,33,34)(H,35,36,37)(H,38,39,40)/t18-,19?,20-,22-,23+,24+,25+,26-,27-,28-,29-,30+/m1/s1. The van der Waals surface area contributed by atoms with Crippen molar-refractivity contribution in [3.8, 4) is 0 Å². The first kappa shape index (κ1) is 37.9. The molecule has 0 aromatic heterocycles. The second-order valence-corrected chi connectivity index (χ2v) is 18.0. The third kappa shape index (κ3) is 7.17. The molecule has 16 heteroatoms. The zero-order valence-corrected chi connectivity index (χ0v) is 29.8. The Labute approximate surface area is 274 Å².